The largest absolute Gasteiger partial charge is 0.342 e. The van der Waals surface area contributed by atoms with Gasteiger partial charge in [0.2, 0.25) is 0 Å². The summed E-state index contributed by atoms with van der Waals surface area (Å²) in [7, 11) is 0. The lowest BCUT2D eigenvalue weighted by molar-refractivity contribution is 0.102. The topological polar surface area (TPSA) is 57.8 Å². The predicted octanol–water partition coefficient (Wildman–Crippen LogP) is 4.16. The highest BCUT2D eigenvalue weighted by atomic mass is 35.5. The number of rotatable bonds is 5. The van der Waals surface area contributed by atoms with E-state index in [4.69, 9.17) is 11.6 Å². The van der Waals surface area contributed by atoms with Crippen LogP contribution in [0.15, 0.2) is 42.5 Å². The molecule has 0 aliphatic heterocycles. The number of hydrogen-bond donors (Lipinski definition) is 2. The second kappa shape index (κ2) is 6.84. The molecule has 23 heavy (non-hydrogen) atoms. The number of nitrogens with zero attached hydrogens (tertiary/aromatic N) is 1. The second-order valence-corrected chi connectivity index (χ2v) is 5.71. The Morgan fingerprint density at radius 1 is 1.22 bits per heavy atom. The van der Waals surface area contributed by atoms with Crippen molar-refractivity contribution in [1.29, 1.82) is 0 Å². The number of H-pyrrole nitrogens is 1. The Hall–Kier alpha value is -2.33. The molecule has 4 nitrogen and oxygen atoms in total. The zero-order chi connectivity index (χ0) is 16.2. The lowest BCUT2D eigenvalue weighted by Gasteiger charge is -2.07. The van der Waals surface area contributed by atoms with E-state index >= 15 is 0 Å². The Labute approximate surface area is 139 Å². The highest BCUT2D eigenvalue weighted by Gasteiger charge is 2.13. The molecule has 1 amide bonds. The van der Waals surface area contributed by atoms with Gasteiger partial charge in [0.05, 0.1) is 11.1 Å². The Kier molecular flexibility index (Phi) is 4.63. The highest BCUT2D eigenvalue weighted by molar-refractivity contribution is 6.18. The van der Waals surface area contributed by atoms with Gasteiger partial charge in [0, 0.05) is 18.0 Å². The first-order valence-electron chi connectivity index (χ1n) is 7.65. The highest BCUT2D eigenvalue weighted by Crippen LogP contribution is 2.19. The van der Waals surface area contributed by atoms with E-state index in [0.29, 0.717) is 17.0 Å². The van der Waals surface area contributed by atoms with Crippen molar-refractivity contribution in [1.82, 2.24) is 9.97 Å². The van der Waals surface area contributed by atoms with Gasteiger partial charge in [0.1, 0.15) is 11.3 Å². The fourth-order valence-corrected chi connectivity index (χ4v) is 2.71. The average Bonchev–Trinajstić information content (AvgIpc) is 3.00. The Morgan fingerprint density at radius 3 is 2.70 bits per heavy atom. The Morgan fingerprint density at radius 2 is 2.00 bits per heavy atom. The third-order valence-electron chi connectivity index (χ3n) is 3.74. The minimum absolute atomic E-state index is 0.158. The molecule has 2 N–H and O–H groups in total. The van der Waals surface area contributed by atoms with Crippen molar-refractivity contribution in [3.63, 3.8) is 0 Å². The van der Waals surface area contributed by atoms with E-state index in [9.17, 15) is 4.79 Å². The molecule has 1 aromatic heterocycles. The van der Waals surface area contributed by atoms with Crippen LogP contribution in [0.25, 0.3) is 11.0 Å². The van der Waals surface area contributed by atoms with Crippen molar-refractivity contribution in [3.05, 3.63) is 59.4 Å². The first-order chi connectivity index (χ1) is 11.2. The molecule has 0 aliphatic rings. The molecule has 0 radical (unpaired) electrons. The van der Waals surface area contributed by atoms with Gasteiger partial charge in [0.25, 0.3) is 5.91 Å². The molecule has 0 saturated carbocycles. The van der Waals surface area contributed by atoms with Crippen LogP contribution in [-0.2, 0) is 12.8 Å². The Bertz CT molecular complexity index is 824. The number of amides is 1. The number of halogens is 1. The minimum atomic E-state index is -0.158. The van der Waals surface area contributed by atoms with Crippen molar-refractivity contribution in [2.75, 3.05) is 11.2 Å². The minimum Gasteiger partial charge on any atom is -0.342 e. The number of para-hydroxylation sites is 1. The van der Waals surface area contributed by atoms with Crippen molar-refractivity contribution in [2.24, 2.45) is 0 Å². The maximum Gasteiger partial charge on any atom is 0.257 e. The first-order valence-corrected chi connectivity index (χ1v) is 8.18. The molecule has 0 saturated heterocycles. The quantitative estimate of drug-likeness (QED) is 0.691. The summed E-state index contributed by atoms with van der Waals surface area (Å²) in [5, 5.41) is 2.92. The van der Waals surface area contributed by atoms with E-state index in [1.165, 1.54) is 0 Å². The molecule has 0 atom stereocenters. The molecular formula is C18H18ClN3O. The molecule has 2 aromatic carbocycles. The van der Waals surface area contributed by atoms with Crippen molar-refractivity contribution in [3.8, 4) is 0 Å². The van der Waals surface area contributed by atoms with Gasteiger partial charge >= 0.3 is 0 Å². The van der Waals surface area contributed by atoms with Crippen LogP contribution in [0.5, 0.6) is 0 Å². The second-order valence-electron chi connectivity index (χ2n) is 5.33. The number of aromatic amines is 1. The summed E-state index contributed by atoms with van der Waals surface area (Å²) in [6.45, 7) is 2.03. The maximum atomic E-state index is 12.6. The average molecular weight is 328 g/mol. The van der Waals surface area contributed by atoms with Crippen LogP contribution in [0.2, 0.25) is 0 Å². The van der Waals surface area contributed by atoms with Crippen molar-refractivity contribution >= 4 is 34.2 Å². The van der Waals surface area contributed by atoms with Gasteiger partial charge in [0.15, 0.2) is 0 Å². The summed E-state index contributed by atoms with van der Waals surface area (Å²) in [6.07, 6.45) is 1.62. The van der Waals surface area contributed by atoms with Gasteiger partial charge in [-0.05, 0) is 36.2 Å². The van der Waals surface area contributed by atoms with E-state index < -0.39 is 0 Å². The van der Waals surface area contributed by atoms with Crippen LogP contribution in [0.1, 0.15) is 28.7 Å². The molecule has 0 fully saturated rings. The van der Waals surface area contributed by atoms with Gasteiger partial charge in [-0.1, -0.05) is 25.1 Å². The maximum absolute atomic E-state index is 12.6. The summed E-state index contributed by atoms with van der Waals surface area (Å²) < 4.78 is 0. The number of imidazole rings is 1. The van der Waals surface area contributed by atoms with Gasteiger partial charge < -0.3 is 10.3 Å². The summed E-state index contributed by atoms with van der Waals surface area (Å²) in [4.78, 5) is 20.3. The number of carbonyl (C=O) groups excluding carboxylic acids is 1. The molecule has 3 aromatic rings. The number of hydrogen-bond acceptors (Lipinski definition) is 2. The standard InChI is InChI=1S/C18H18ClN3O/c1-2-16-21-15-5-3-4-14(17(15)22-16)18(23)20-13-8-6-12(7-9-13)10-11-19/h3-9H,2,10-11H2,1H3,(H,20,23)(H,21,22). The van der Waals surface area contributed by atoms with Crippen molar-refractivity contribution in [2.45, 2.75) is 19.8 Å². The normalized spacial score (nSPS) is 10.9. The SMILES string of the molecule is CCc1nc2c(C(=O)Nc3ccc(CCCl)cc3)cccc2[nH]1. The summed E-state index contributed by atoms with van der Waals surface area (Å²) >= 11 is 5.73. The number of nitrogens with one attached hydrogen (secondary N) is 2. The third kappa shape index (κ3) is 3.37. The molecule has 0 bridgehead atoms. The third-order valence-corrected chi connectivity index (χ3v) is 3.93. The van der Waals surface area contributed by atoms with E-state index in [2.05, 4.69) is 15.3 Å². The van der Waals surface area contributed by atoms with Gasteiger partial charge in [-0.3, -0.25) is 4.79 Å². The number of aryl methyl sites for hydroxylation is 2. The zero-order valence-corrected chi connectivity index (χ0v) is 13.7. The van der Waals surface area contributed by atoms with Crippen LogP contribution in [0.4, 0.5) is 5.69 Å². The molecule has 0 unspecified atom stereocenters. The van der Waals surface area contributed by atoms with Crippen LogP contribution in [0.3, 0.4) is 0 Å². The molecule has 0 aliphatic carbocycles. The van der Waals surface area contributed by atoms with E-state index in [-0.39, 0.29) is 5.91 Å². The van der Waals surface area contributed by atoms with Crippen molar-refractivity contribution < 1.29 is 4.79 Å². The number of alkyl halides is 1. The molecule has 0 spiro atoms. The van der Waals surface area contributed by atoms with Crippen LogP contribution < -0.4 is 5.32 Å². The number of benzene rings is 2. The first kappa shape index (κ1) is 15.6. The summed E-state index contributed by atoms with van der Waals surface area (Å²) in [5.41, 5.74) is 4.08. The molecule has 118 valence electrons. The number of anilines is 1. The number of fused-ring (bicyclic) bond motifs is 1. The van der Waals surface area contributed by atoms with E-state index in [1.807, 2.05) is 43.3 Å². The number of carbonyl (C=O) groups is 1. The summed E-state index contributed by atoms with van der Waals surface area (Å²) in [5.74, 6) is 1.31. The number of aromatic nitrogens is 2. The Balaban J connectivity index is 1.84. The van der Waals surface area contributed by atoms with Gasteiger partial charge in [-0.25, -0.2) is 4.98 Å². The predicted molar refractivity (Wildman–Crippen MR) is 94.3 cm³/mol. The van der Waals surface area contributed by atoms with E-state index in [1.54, 1.807) is 6.07 Å². The molecule has 3 rings (SSSR count). The smallest absolute Gasteiger partial charge is 0.257 e. The van der Waals surface area contributed by atoms with Crippen LogP contribution in [0, 0.1) is 0 Å². The van der Waals surface area contributed by atoms with Crippen LogP contribution in [-0.4, -0.2) is 21.8 Å². The lowest BCUT2D eigenvalue weighted by Crippen LogP contribution is -2.12. The zero-order valence-electron chi connectivity index (χ0n) is 12.9. The van der Waals surface area contributed by atoms with E-state index in [0.717, 1.165) is 35.4 Å². The van der Waals surface area contributed by atoms with Gasteiger partial charge in [-0.2, -0.15) is 0 Å². The lowest BCUT2D eigenvalue weighted by atomic mass is 10.1. The summed E-state index contributed by atoms with van der Waals surface area (Å²) in [6, 6.07) is 13.3. The monoisotopic (exact) mass is 327 g/mol. The fraction of sp³-hybridized carbons (Fsp3) is 0.222. The van der Waals surface area contributed by atoms with Gasteiger partial charge in [-0.15, -0.1) is 11.6 Å². The fourth-order valence-electron chi connectivity index (χ4n) is 2.50. The molecular weight excluding hydrogens is 310 g/mol. The van der Waals surface area contributed by atoms with Crippen LogP contribution >= 0.6 is 11.6 Å². The molecule has 1 heterocycles. The molecule has 5 heteroatoms.